The van der Waals surface area contributed by atoms with Crippen LogP contribution >= 0.6 is 0 Å². The third-order valence-electron chi connectivity index (χ3n) is 6.34. The molecule has 0 fully saturated rings. The molecule has 6 nitrogen and oxygen atoms in total. The van der Waals surface area contributed by atoms with E-state index in [1.807, 2.05) is 24.3 Å². The van der Waals surface area contributed by atoms with Crippen LogP contribution in [0.2, 0.25) is 0 Å². The Morgan fingerprint density at radius 1 is 0.676 bits per heavy atom. The Bertz CT molecular complexity index is 1750. The summed E-state index contributed by atoms with van der Waals surface area (Å²) in [7, 11) is 0. The fourth-order valence-corrected chi connectivity index (χ4v) is 4.84. The van der Waals surface area contributed by atoms with Gasteiger partial charge >= 0.3 is 0 Å². The zero-order valence-corrected chi connectivity index (χ0v) is 18.2. The lowest BCUT2D eigenvalue weighted by molar-refractivity contribution is 0.158. The number of fused-ring (bicyclic) bond motifs is 8. The van der Waals surface area contributed by atoms with Crippen LogP contribution in [0.1, 0.15) is 0 Å². The van der Waals surface area contributed by atoms with Crippen LogP contribution in [0.4, 0.5) is 17.1 Å². The maximum absolute atomic E-state index is 5.93. The molecule has 0 spiro atoms. The largest absolute Gasteiger partial charge is 0.470 e. The smallest absolute Gasteiger partial charge is 0.278 e. The molecule has 2 heterocycles. The minimum Gasteiger partial charge on any atom is -0.470 e. The Kier molecular flexibility index (Phi) is 4.02. The molecule has 0 aliphatic carbocycles. The van der Waals surface area contributed by atoms with Gasteiger partial charge in [0.15, 0.2) is 0 Å². The van der Waals surface area contributed by atoms with Gasteiger partial charge in [-0.15, -0.1) is 0 Å². The van der Waals surface area contributed by atoms with Gasteiger partial charge in [-0.2, -0.15) is 0 Å². The summed E-state index contributed by atoms with van der Waals surface area (Å²) >= 11 is 0. The highest BCUT2D eigenvalue weighted by molar-refractivity contribution is 6.31. The van der Waals surface area contributed by atoms with Crippen molar-refractivity contribution < 1.29 is 9.47 Å². The van der Waals surface area contributed by atoms with Crippen molar-refractivity contribution >= 4 is 60.4 Å². The number of rotatable bonds is 2. The minimum atomic E-state index is 0.420. The number of aromatic nitrogens is 2. The monoisotopic (exact) mass is 444 g/mol. The third kappa shape index (κ3) is 2.82. The molecule has 6 aromatic rings. The number of ether oxygens (including phenoxy) is 2. The van der Waals surface area contributed by atoms with Crippen LogP contribution in [-0.2, 0) is 0 Å². The van der Waals surface area contributed by atoms with Crippen LogP contribution < -0.4 is 20.5 Å². The van der Waals surface area contributed by atoms with E-state index in [-0.39, 0.29) is 0 Å². The van der Waals surface area contributed by atoms with E-state index in [9.17, 15) is 0 Å². The van der Waals surface area contributed by atoms with Crippen LogP contribution in [0.15, 0.2) is 78.9 Å². The van der Waals surface area contributed by atoms with E-state index in [0.29, 0.717) is 30.7 Å². The zero-order valence-electron chi connectivity index (χ0n) is 18.2. The van der Waals surface area contributed by atoms with Crippen LogP contribution in [0, 0.1) is 0 Å². The van der Waals surface area contributed by atoms with Gasteiger partial charge in [0.1, 0.15) is 18.7 Å². The maximum atomic E-state index is 5.93. The molecule has 0 amide bonds. The third-order valence-corrected chi connectivity index (χ3v) is 6.34. The van der Waals surface area contributed by atoms with Gasteiger partial charge in [-0.25, -0.2) is 9.97 Å². The lowest BCUT2D eigenvalue weighted by Gasteiger charge is -2.20. The standard InChI is InChI=1S/C28H20N4O2/c29-16-9-11-17(12-10-16)30-26-24-21-8-4-3-6-19(21)18-5-1-2-7-20(18)22(24)15-23-25(26)32-28-27(31-23)33-13-14-34-28/h1-12,15,30H,13-14,29H2. The molecular weight excluding hydrogens is 424 g/mol. The summed E-state index contributed by atoms with van der Waals surface area (Å²) in [5.74, 6) is 0.852. The first kappa shape index (κ1) is 18.9. The molecule has 7 rings (SSSR count). The van der Waals surface area contributed by atoms with Gasteiger partial charge in [0.2, 0.25) is 0 Å². The fourth-order valence-electron chi connectivity index (χ4n) is 4.84. The van der Waals surface area contributed by atoms with E-state index >= 15 is 0 Å². The highest BCUT2D eigenvalue weighted by Crippen LogP contribution is 2.44. The molecule has 3 N–H and O–H groups in total. The molecule has 5 aromatic carbocycles. The second-order valence-electron chi connectivity index (χ2n) is 8.41. The number of hydrogen-bond donors (Lipinski definition) is 2. The predicted molar refractivity (Wildman–Crippen MR) is 137 cm³/mol. The van der Waals surface area contributed by atoms with Crippen molar-refractivity contribution in [3.63, 3.8) is 0 Å². The van der Waals surface area contributed by atoms with E-state index in [1.54, 1.807) is 0 Å². The molecule has 0 bridgehead atoms. The molecule has 0 radical (unpaired) electrons. The first-order chi connectivity index (χ1) is 16.8. The van der Waals surface area contributed by atoms with Crippen molar-refractivity contribution in [1.29, 1.82) is 0 Å². The van der Waals surface area contributed by atoms with Crippen molar-refractivity contribution in [2.45, 2.75) is 0 Å². The van der Waals surface area contributed by atoms with Crippen molar-refractivity contribution in [1.82, 2.24) is 9.97 Å². The van der Waals surface area contributed by atoms with E-state index < -0.39 is 0 Å². The molecule has 1 aliphatic rings. The molecule has 0 saturated heterocycles. The fraction of sp³-hybridized carbons (Fsp3) is 0.0714. The molecule has 0 unspecified atom stereocenters. The molecule has 6 heteroatoms. The van der Waals surface area contributed by atoms with E-state index in [1.165, 1.54) is 10.8 Å². The summed E-state index contributed by atoms with van der Waals surface area (Å²) in [5, 5.41) is 10.5. The Balaban J connectivity index is 1.67. The molecule has 164 valence electrons. The Morgan fingerprint density at radius 3 is 1.97 bits per heavy atom. The first-order valence-electron chi connectivity index (χ1n) is 11.2. The SMILES string of the molecule is Nc1ccc(Nc2c3nc4c(nc3cc3c5ccccc5c5ccccc5c23)OCCO4)cc1. The molecule has 34 heavy (non-hydrogen) atoms. The Morgan fingerprint density at radius 2 is 1.26 bits per heavy atom. The molecule has 0 saturated carbocycles. The summed E-state index contributed by atoms with van der Waals surface area (Å²) in [6, 6.07) is 26.8. The number of benzene rings is 5. The highest BCUT2D eigenvalue weighted by Gasteiger charge is 2.21. The van der Waals surface area contributed by atoms with Gasteiger partial charge in [0, 0.05) is 16.8 Å². The summed E-state index contributed by atoms with van der Waals surface area (Å²) in [5.41, 5.74) is 9.91. The number of nitrogens with two attached hydrogens (primary N) is 1. The average Bonchev–Trinajstić information content (AvgIpc) is 2.89. The summed E-state index contributed by atoms with van der Waals surface area (Å²) < 4.78 is 11.5. The Hall–Kier alpha value is -4.58. The van der Waals surface area contributed by atoms with Gasteiger partial charge < -0.3 is 20.5 Å². The second-order valence-corrected chi connectivity index (χ2v) is 8.41. The topological polar surface area (TPSA) is 82.3 Å². The molecule has 1 aliphatic heterocycles. The summed E-state index contributed by atoms with van der Waals surface area (Å²) in [4.78, 5) is 9.67. The number of nitrogens with one attached hydrogen (secondary N) is 1. The van der Waals surface area contributed by atoms with Crippen LogP contribution in [0.25, 0.3) is 43.4 Å². The second kappa shape index (κ2) is 7.22. The van der Waals surface area contributed by atoms with Crippen molar-refractivity contribution in [3.05, 3.63) is 78.9 Å². The van der Waals surface area contributed by atoms with Crippen LogP contribution in [-0.4, -0.2) is 23.2 Å². The lowest BCUT2D eigenvalue weighted by atomic mass is 9.92. The van der Waals surface area contributed by atoms with Gasteiger partial charge in [-0.3, -0.25) is 0 Å². The van der Waals surface area contributed by atoms with E-state index in [0.717, 1.165) is 44.0 Å². The van der Waals surface area contributed by atoms with E-state index in [2.05, 4.69) is 59.9 Å². The number of hydrogen-bond acceptors (Lipinski definition) is 6. The van der Waals surface area contributed by atoms with E-state index in [4.69, 9.17) is 25.2 Å². The van der Waals surface area contributed by atoms with Crippen molar-refractivity contribution in [2.75, 3.05) is 24.3 Å². The predicted octanol–water partition coefficient (Wildman–Crippen LogP) is 6.19. The zero-order chi connectivity index (χ0) is 22.6. The first-order valence-corrected chi connectivity index (χ1v) is 11.2. The van der Waals surface area contributed by atoms with Gasteiger partial charge in [-0.1, -0.05) is 48.5 Å². The van der Waals surface area contributed by atoms with Gasteiger partial charge in [-0.05, 0) is 57.3 Å². The number of nitrogen functional groups attached to an aromatic ring is 1. The molecule has 0 atom stereocenters. The summed E-state index contributed by atoms with van der Waals surface area (Å²) in [6.07, 6.45) is 0. The average molecular weight is 444 g/mol. The van der Waals surface area contributed by atoms with Crippen LogP contribution in [0.5, 0.6) is 11.8 Å². The van der Waals surface area contributed by atoms with Crippen molar-refractivity contribution in [3.8, 4) is 11.8 Å². The summed E-state index contributed by atoms with van der Waals surface area (Å²) in [6.45, 7) is 0.917. The normalized spacial score (nSPS) is 13.1. The molecular formula is C28H20N4O2. The maximum Gasteiger partial charge on any atom is 0.278 e. The van der Waals surface area contributed by atoms with Gasteiger partial charge in [0.25, 0.3) is 11.8 Å². The lowest BCUT2D eigenvalue weighted by Crippen LogP contribution is -2.17. The van der Waals surface area contributed by atoms with Gasteiger partial charge in [0.05, 0.1) is 11.2 Å². The van der Waals surface area contributed by atoms with Crippen LogP contribution in [0.3, 0.4) is 0 Å². The minimum absolute atomic E-state index is 0.420. The van der Waals surface area contributed by atoms with Crippen molar-refractivity contribution in [2.24, 2.45) is 0 Å². The highest BCUT2D eigenvalue weighted by atomic mass is 16.6. The Labute approximate surface area is 194 Å². The molecule has 1 aromatic heterocycles. The number of anilines is 3. The number of nitrogens with zero attached hydrogens (tertiary/aromatic N) is 2. The quantitative estimate of drug-likeness (QED) is 0.188.